The number of hydrogen-bond acceptors (Lipinski definition) is 3. The van der Waals surface area contributed by atoms with Crippen LogP contribution in [0.4, 0.5) is 0 Å². The Kier molecular flexibility index (Phi) is 4.60. The molecule has 0 atom stereocenters. The minimum absolute atomic E-state index is 0.253. The van der Waals surface area contributed by atoms with Crippen LogP contribution >= 0.6 is 0 Å². The van der Waals surface area contributed by atoms with E-state index in [9.17, 15) is 4.79 Å². The predicted molar refractivity (Wildman–Crippen MR) is 90.1 cm³/mol. The molecule has 3 heterocycles. The Morgan fingerprint density at radius 1 is 1.08 bits per heavy atom. The van der Waals surface area contributed by atoms with E-state index in [0.717, 1.165) is 57.1 Å². The number of hydrogen-bond donors (Lipinski definition) is 1. The lowest BCUT2D eigenvalue weighted by Crippen LogP contribution is -3.11. The molecule has 1 amide bonds. The molecule has 24 heavy (non-hydrogen) atoms. The van der Waals surface area contributed by atoms with E-state index in [4.69, 9.17) is 9.47 Å². The molecule has 0 unspecified atom stereocenters. The molecule has 2 fully saturated rings. The molecule has 0 saturated carbocycles. The van der Waals surface area contributed by atoms with Gasteiger partial charge in [-0.3, -0.25) is 4.79 Å². The third-order valence-electron chi connectivity index (χ3n) is 5.60. The fraction of sp³-hybridized carbons (Fsp3) is 0.632. The molecule has 1 aromatic carbocycles. The van der Waals surface area contributed by atoms with Crippen molar-refractivity contribution in [3.63, 3.8) is 0 Å². The Hall–Kier alpha value is -1.75. The van der Waals surface area contributed by atoms with Crippen LogP contribution in [0.2, 0.25) is 0 Å². The molecule has 0 aromatic heterocycles. The van der Waals surface area contributed by atoms with Crippen molar-refractivity contribution in [3.05, 3.63) is 23.8 Å². The first-order valence-corrected chi connectivity index (χ1v) is 9.30. The third kappa shape index (κ3) is 3.36. The minimum Gasteiger partial charge on any atom is -0.454 e. The highest BCUT2D eigenvalue weighted by Gasteiger charge is 2.31. The fourth-order valence-corrected chi connectivity index (χ4v) is 4.16. The summed E-state index contributed by atoms with van der Waals surface area (Å²) in [7, 11) is 0. The van der Waals surface area contributed by atoms with Crippen molar-refractivity contribution in [2.75, 3.05) is 33.0 Å². The van der Waals surface area contributed by atoms with Crippen LogP contribution in [0.15, 0.2) is 18.2 Å². The number of amides is 1. The van der Waals surface area contributed by atoms with Crippen molar-refractivity contribution < 1.29 is 19.2 Å². The molecular weight excluding hydrogens is 304 g/mol. The van der Waals surface area contributed by atoms with Crippen LogP contribution in [0.3, 0.4) is 0 Å². The number of quaternary nitrogens is 1. The van der Waals surface area contributed by atoms with Crippen molar-refractivity contribution >= 4 is 5.91 Å². The zero-order chi connectivity index (χ0) is 16.4. The van der Waals surface area contributed by atoms with Crippen LogP contribution in [-0.2, 0) is 11.3 Å². The van der Waals surface area contributed by atoms with Crippen LogP contribution in [0.1, 0.15) is 37.7 Å². The summed E-state index contributed by atoms with van der Waals surface area (Å²) in [4.78, 5) is 16.3. The van der Waals surface area contributed by atoms with Crippen molar-refractivity contribution in [2.45, 2.75) is 38.6 Å². The van der Waals surface area contributed by atoms with Crippen molar-refractivity contribution in [1.29, 1.82) is 0 Å². The maximum Gasteiger partial charge on any atom is 0.231 e. The molecular formula is C19H27N2O3+. The normalized spacial score (nSPS) is 26.4. The SMILES string of the molecule is O=C(C1CC[NH+](Cc2ccc3c(c2)OCO3)CC1)N1CCCCC1. The number of ether oxygens (including phenoxy) is 2. The Balaban J connectivity index is 1.29. The average molecular weight is 331 g/mol. The first-order valence-electron chi connectivity index (χ1n) is 9.30. The molecule has 4 rings (SSSR count). The van der Waals surface area contributed by atoms with Gasteiger partial charge in [0.2, 0.25) is 12.7 Å². The Bertz CT molecular complexity index is 590. The average Bonchev–Trinajstić information content (AvgIpc) is 3.10. The zero-order valence-corrected chi connectivity index (χ0v) is 14.3. The lowest BCUT2D eigenvalue weighted by molar-refractivity contribution is -0.919. The number of likely N-dealkylation sites (tertiary alicyclic amines) is 2. The number of carbonyl (C=O) groups excluding carboxylic acids is 1. The van der Waals surface area contributed by atoms with E-state index in [0.29, 0.717) is 12.7 Å². The predicted octanol–water partition coefficient (Wildman–Crippen LogP) is 1.22. The largest absolute Gasteiger partial charge is 0.454 e. The van der Waals surface area contributed by atoms with Crippen molar-refractivity contribution in [3.8, 4) is 11.5 Å². The monoisotopic (exact) mass is 331 g/mol. The summed E-state index contributed by atoms with van der Waals surface area (Å²) in [5, 5.41) is 0. The maximum absolute atomic E-state index is 12.6. The second-order valence-electron chi connectivity index (χ2n) is 7.27. The summed E-state index contributed by atoms with van der Waals surface area (Å²) >= 11 is 0. The highest BCUT2D eigenvalue weighted by molar-refractivity contribution is 5.79. The van der Waals surface area contributed by atoms with Gasteiger partial charge in [-0.1, -0.05) is 0 Å². The molecule has 0 bridgehead atoms. The first-order chi connectivity index (χ1) is 11.8. The van der Waals surface area contributed by atoms with Gasteiger partial charge in [0.1, 0.15) is 6.54 Å². The zero-order valence-electron chi connectivity index (χ0n) is 14.3. The smallest absolute Gasteiger partial charge is 0.231 e. The minimum atomic E-state index is 0.253. The van der Waals surface area contributed by atoms with E-state index in [1.54, 1.807) is 4.90 Å². The van der Waals surface area contributed by atoms with Gasteiger partial charge in [0.05, 0.1) is 13.1 Å². The summed E-state index contributed by atoms with van der Waals surface area (Å²) in [5.41, 5.74) is 1.29. The van der Waals surface area contributed by atoms with Gasteiger partial charge in [-0.05, 0) is 37.5 Å². The molecule has 1 aromatic rings. The highest BCUT2D eigenvalue weighted by Crippen LogP contribution is 2.32. The molecule has 0 radical (unpaired) electrons. The number of piperidine rings is 2. The van der Waals surface area contributed by atoms with Gasteiger partial charge < -0.3 is 19.3 Å². The van der Waals surface area contributed by atoms with Crippen LogP contribution in [0.5, 0.6) is 11.5 Å². The van der Waals surface area contributed by atoms with Crippen molar-refractivity contribution in [1.82, 2.24) is 4.90 Å². The molecule has 0 spiro atoms. The molecule has 130 valence electrons. The van der Waals surface area contributed by atoms with E-state index in [2.05, 4.69) is 17.0 Å². The Morgan fingerprint density at radius 2 is 1.83 bits per heavy atom. The van der Waals surface area contributed by atoms with Gasteiger partial charge in [0, 0.05) is 37.4 Å². The summed E-state index contributed by atoms with van der Waals surface area (Å²) in [6.45, 7) is 5.44. The van der Waals surface area contributed by atoms with Gasteiger partial charge in [-0.2, -0.15) is 0 Å². The number of rotatable bonds is 3. The van der Waals surface area contributed by atoms with Gasteiger partial charge in [-0.15, -0.1) is 0 Å². The number of nitrogens with zero attached hydrogens (tertiary/aromatic N) is 1. The van der Waals surface area contributed by atoms with Crippen LogP contribution in [0, 0.1) is 5.92 Å². The molecule has 1 N–H and O–H groups in total. The van der Waals surface area contributed by atoms with Crippen LogP contribution < -0.4 is 14.4 Å². The third-order valence-corrected chi connectivity index (χ3v) is 5.60. The molecule has 0 aliphatic carbocycles. The molecule has 5 nitrogen and oxygen atoms in total. The van der Waals surface area contributed by atoms with Gasteiger partial charge in [0.25, 0.3) is 0 Å². The van der Waals surface area contributed by atoms with E-state index in [-0.39, 0.29) is 5.92 Å². The quantitative estimate of drug-likeness (QED) is 0.906. The maximum atomic E-state index is 12.6. The topological polar surface area (TPSA) is 43.2 Å². The number of carbonyl (C=O) groups is 1. The standard InChI is InChI=1S/C19H26N2O3/c22-19(21-8-2-1-3-9-21)16-6-10-20(11-7-16)13-15-4-5-17-18(12-15)24-14-23-17/h4-5,12,16H,1-3,6-11,13-14H2/p+1. The molecule has 3 aliphatic rings. The van der Waals surface area contributed by atoms with Gasteiger partial charge in [0.15, 0.2) is 11.5 Å². The lowest BCUT2D eigenvalue weighted by atomic mass is 9.94. The number of fused-ring (bicyclic) bond motifs is 1. The number of benzene rings is 1. The summed E-state index contributed by atoms with van der Waals surface area (Å²) < 4.78 is 10.8. The second-order valence-corrected chi connectivity index (χ2v) is 7.27. The second kappa shape index (κ2) is 7.01. The summed E-state index contributed by atoms with van der Waals surface area (Å²) in [6, 6.07) is 6.23. The lowest BCUT2D eigenvalue weighted by Gasteiger charge is -2.34. The Labute approximate surface area is 143 Å². The van der Waals surface area contributed by atoms with Crippen molar-refractivity contribution in [2.24, 2.45) is 5.92 Å². The summed E-state index contributed by atoms with van der Waals surface area (Å²) in [6.07, 6.45) is 5.69. The molecule has 5 heteroatoms. The van der Waals surface area contributed by atoms with Crippen LogP contribution in [-0.4, -0.2) is 43.8 Å². The summed E-state index contributed by atoms with van der Waals surface area (Å²) in [5.74, 6) is 2.38. The molecule has 3 aliphatic heterocycles. The number of nitrogens with one attached hydrogen (secondary N) is 1. The van der Waals surface area contributed by atoms with E-state index < -0.39 is 0 Å². The first kappa shape index (κ1) is 15.8. The van der Waals surface area contributed by atoms with Gasteiger partial charge in [-0.25, -0.2) is 0 Å². The Morgan fingerprint density at radius 3 is 2.62 bits per heavy atom. The van der Waals surface area contributed by atoms with Gasteiger partial charge >= 0.3 is 0 Å². The van der Waals surface area contributed by atoms with E-state index in [1.807, 2.05) is 6.07 Å². The molecule has 2 saturated heterocycles. The van der Waals surface area contributed by atoms with E-state index in [1.165, 1.54) is 24.8 Å². The fourth-order valence-electron chi connectivity index (χ4n) is 4.16. The van der Waals surface area contributed by atoms with Crippen LogP contribution in [0.25, 0.3) is 0 Å². The highest BCUT2D eigenvalue weighted by atomic mass is 16.7. The van der Waals surface area contributed by atoms with E-state index >= 15 is 0 Å².